The Kier molecular flexibility index (Phi) is 4.22. The fourth-order valence-electron chi connectivity index (χ4n) is 2.33. The molecule has 1 atom stereocenters. The SMILES string of the molecule is Cc1nn(C)c(C)c1S(=O)(=O)NCC(O)c1cccn1C. The Morgan fingerprint density at radius 3 is 2.52 bits per heavy atom. The fourth-order valence-corrected chi connectivity index (χ4v) is 3.80. The fraction of sp³-hybridized carbons (Fsp3) is 0.462. The van der Waals surface area contributed by atoms with Gasteiger partial charge in [0.15, 0.2) is 0 Å². The van der Waals surface area contributed by atoms with Crippen LogP contribution >= 0.6 is 0 Å². The van der Waals surface area contributed by atoms with Gasteiger partial charge in [-0.05, 0) is 26.0 Å². The first-order valence-electron chi connectivity index (χ1n) is 6.53. The van der Waals surface area contributed by atoms with E-state index in [0.717, 1.165) is 0 Å². The summed E-state index contributed by atoms with van der Waals surface area (Å²) < 4.78 is 30.4. The summed E-state index contributed by atoms with van der Waals surface area (Å²) in [5.74, 6) is 0. The molecule has 116 valence electrons. The standard InChI is InChI=1S/C13H20N4O3S/c1-9-13(10(2)17(4)15-9)21(19,20)14-8-12(18)11-6-5-7-16(11)3/h5-7,12,14,18H,8H2,1-4H3. The molecule has 1 unspecified atom stereocenters. The maximum absolute atomic E-state index is 12.4. The molecule has 0 saturated heterocycles. The van der Waals surface area contributed by atoms with Gasteiger partial charge in [0.1, 0.15) is 11.0 Å². The lowest BCUT2D eigenvalue weighted by molar-refractivity contribution is 0.173. The van der Waals surface area contributed by atoms with Crippen LogP contribution in [-0.2, 0) is 24.1 Å². The first kappa shape index (κ1) is 15.7. The third kappa shape index (κ3) is 3.02. The van der Waals surface area contributed by atoms with Crippen LogP contribution in [0.3, 0.4) is 0 Å². The number of aliphatic hydroxyl groups is 1. The third-order valence-electron chi connectivity index (χ3n) is 3.50. The molecular formula is C13H20N4O3S. The van der Waals surface area contributed by atoms with Crippen LogP contribution in [0.4, 0.5) is 0 Å². The molecule has 0 amide bonds. The predicted octanol–water partition coefficient (Wildman–Crippen LogP) is 0.387. The second kappa shape index (κ2) is 5.63. The average molecular weight is 312 g/mol. The lowest BCUT2D eigenvalue weighted by atomic mass is 10.2. The highest BCUT2D eigenvalue weighted by molar-refractivity contribution is 7.89. The number of rotatable bonds is 5. The number of nitrogens with zero attached hydrogens (tertiary/aromatic N) is 3. The van der Waals surface area contributed by atoms with Crippen molar-refractivity contribution in [3.05, 3.63) is 35.4 Å². The zero-order chi connectivity index (χ0) is 15.8. The molecule has 0 spiro atoms. The monoisotopic (exact) mass is 312 g/mol. The smallest absolute Gasteiger partial charge is 0.244 e. The van der Waals surface area contributed by atoms with Crippen molar-refractivity contribution in [3.8, 4) is 0 Å². The van der Waals surface area contributed by atoms with Gasteiger partial charge < -0.3 is 9.67 Å². The van der Waals surface area contributed by atoms with Crippen molar-refractivity contribution in [2.24, 2.45) is 14.1 Å². The van der Waals surface area contributed by atoms with Crippen molar-refractivity contribution in [1.29, 1.82) is 0 Å². The minimum Gasteiger partial charge on any atom is -0.386 e. The first-order valence-corrected chi connectivity index (χ1v) is 8.01. The van der Waals surface area contributed by atoms with Gasteiger partial charge in [0.2, 0.25) is 10.0 Å². The molecule has 2 rings (SSSR count). The lowest BCUT2D eigenvalue weighted by Crippen LogP contribution is -2.30. The van der Waals surface area contributed by atoms with Crippen LogP contribution in [0.5, 0.6) is 0 Å². The van der Waals surface area contributed by atoms with Crippen LogP contribution in [0.2, 0.25) is 0 Å². The molecule has 0 aliphatic heterocycles. The highest BCUT2D eigenvalue weighted by atomic mass is 32.2. The molecule has 2 aromatic rings. The number of aliphatic hydroxyl groups excluding tert-OH is 1. The summed E-state index contributed by atoms with van der Waals surface area (Å²) in [5, 5.41) is 14.2. The van der Waals surface area contributed by atoms with E-state index in [9.17, 15) is 13.5 Å². The van der Waals surface area contributed by atoms with Crippen LogP contribution in [-0.4, -0.2) is 34.4 Å². The Hall–Kier alpha value is -1.64. The van der Waals surface area contributed by atoms with Crippen molar-refractivity contribution in [1.82, 2.24) is 19.1 Å². The van der Waals surface area contributed by atoms with Crippen LogP contribution in [0.15, 0.2) is 23.2 Å². The van der Waals surface area contributed by atoms with Gasteiger partial charge in [-0.2, -0.15) is 5.10 Å². The number of hydrogen-bond donors (Lipinski definition) is 2. The van der Waals surface area contributed by atoms with Crippen molar-refractivity contribution >= 4 is 10.0 Å². The van der Waals surface area contributed by atoms with Crippen molar-refractivity contribution in [3.63, 3.8) is 0 Å². The highest BCUT2D eigenvalue weighted by Gasteiger charge is 2.24. The number of aryl methyl sites for hydroxylation is 3. The van der Waals surface area contributed by atoms with E-state index < -0.39 is 16.1 Å². The Morgan fingerprint density at radius 2 is 2.05 bits per heavy atom. The number of aromatic nitrogens is 3. The Morgan fingerprint density at radius 1 is 1.38 bits per heavy atom. The molecule has 0 aromatic carbocycles. The summed E-state index contributed by atoms with van der Waals surface area (Å²) in [5.41, 5.74) is 1.65. The van der Waals surface area contributed by atoms with Crippen LogP contribution in [0, 0.1) is 13.8 Å². The summed E-state index contributed by atoms with van der Waals surface area (Å²) in [6, 6.07) is 3.54. The van der Waals surface area contributed by atoms with Gasteiger partial charge in [0, 0.05) is 32.5 Å². The Labute approximate surface area is 124 Å². The van der Waals surface area contributed by atoms with Crippen LogP contribution in [0.25, 0.3) is 0 Å². The van der Waals surface area contributed by atoms with Crippen LogP contribution < -0.4 is 4.72 Å². The topological polar surface area (TPSA) is 89.2 Å². The minimum atomic E-state index is -3.70. The molecule has 0 radical (unpaired) electrons. The van der Waals surface area contributed by atoms with E-state index in [2.05, 4.69) is 9.82 Å². The molecule has 2 heterocycles. The van der Waals surface area contributed by atoms with Crippen molar-refractivity contribution in [2.45, 2.75) is 24.8 Å². The molecule has 0 aliphatic rings. The first-order chi connectivity index (χ1) is 9.74. The second-order valence-electron chi connectivity index (χ2n) is 5.04. The zero-order valence-corrected chi connectivity index (χ0v) is 13.3. The quantitative estimate of drug-likeness (QED) is 0.836. The Bertz CT molecular complexity index is 746. The molecule has 2 N–H and O–H groups in total. The number of nitrogens with one attached hydrogen (secondary N) is 1. The summed E-state index contributed by atoms with van der Waals surface area (Å²) in [7, 11) is -0.214. The van der Waals surface area contributed by atoms with E-state index in [1.165, 1.54) is 4.68 Å². The molecule has 0 bridgehead atoms. The van der Waals surface area contributed by atoms with Gasteiger partial charge in [0.05, 0.1) is 11.4 Å². The highest BCUT2D eigenvalue weighted by Crippen LogP contribution is 2.19. The predicted molar refractivity (Wildman–Crippen MR) is 78.2 cm³/mol. The molecule has 21 heavy (non-hydrogen) atoms. The summed E-state index contributed by atoms with van der Waals surface area (Å²) in [6.07, 6.45) is 0.889. The normalized spacial score (nSPS) is 13.6. The molecule has 2 aromatic heterocycles. The van der Waals surface area contributed by atoms with E-state index in [0.29, 0.717) is 17.1 Å². The molecule has 8 heteroatoms. The Balaban J connectivity index is 2.17. The molecule has 0 saturated carbocycles. The average Bonchev–Trinajstić information content (AvgIpc) is 2.91. The van der Waals surface area contributed by atoms with Gasteiger partial charge in [-0.1, -0.05) is 0 Å². The maximum atomic E-state index is 12.4. The molecule has 0 aliphatic carbocycles. The van der Waals surface area contributed by atoms with Crippen molar-refractivity contribution < 1.29 is 13.5 Å². The maximum Gasteiger partial charge on any atom is 0.244 e. The third-order valence-corrected chi connectivity index (χ3v) is 5.18. The van der Waals surface area contributed by atoms with Gasteiger partial charge >= 0.3 is 0 Å². The number of hydrogen-bond acceptors (Lipinski definition) is 4. The summed E-state index contributed by atoms with van der Waals surface area (Å²) in [6.45, 7) is 3.26. The van der Waals surface area contributed by atoms with Gasteiger partial charge in [0.25, 0.3) is 0 Å². The summed E-state index contributed by atoms with van der Waals surface area (Å²) >= 11 is 0. The largest absolute Gasteiger partial charge is 0.386 e. The van der Waals surface area contributed by atoms with Gasteiger partial charge in [-0.3, -0.25) is 4.68 Å². The van der Waals surface area contributed by atoms with E-state index in [-0.39, 0.29) is 11.4 Å². The van der Waals surface area contributed by atoms with Crippen molar-refractivity contribution in [2.75, 3.05) is 6.54 Å². The molecule has 7 nitrogen and oxygen atoms in total. The van der Waals surface area contributed by atoms with Gasteiger partial charge in [-0.25, -0.2) is 13.1 Å². The minimum absolute atomic E-state index is 0.0893. The number of sulfonamides is 1. The molecular weight excluding hydrogens is 292 g/mol. The van der Waals surface area contributed by atoms with E-state index in [1.54, 1.807) is 50.8 Å². The van der Waals surface area contributed by atoms with Gasteiger partial charge in [-0.15, -0.1) is 0 Å². The molecule has 0 fully saturated rings. The second-order valence-corrected chi connectivity index (χ2v) is 6.74. The van der Waals surface area contributed by atoms with E-state index >= 15 is 0 Å². The summed E-state index contributed by atoms with van der Waals surface area (Å²) in [4.78, 5) is 0.170. The van der Waals surface area contributed by atoms with E-state index in [4.69, 9.17) is 0 Å². The lowest BCUT2D eigenvalue weighted by Gasteiger charge is -2.13. The zero-order valence-electron chi connectivity index (χ0n) is 12.5. The van der Waals surface area contributed by atoms with E-state index in [1.807, 2.05) is 0 Å². The van der Waals surface area contributed by atoms with Crippen LogP contribution in [0.1, 0.15) is 23.2 Å².